The molecule has 3 atom stereocenters. The fourth-order valence-corrected chi connectivity index (χ4v) is 2.81. The summed E-state index contributed by atoms with van der Waals surface area (Å²) in [6.07, 6.45) is 2.25. The van der Waals surface area contributed by atoms with Crippen LogP contribution in [0.25, 0.3) is 0 Å². The lowest BCUT2D eigenvalue weighted by Crippen LogP contribution is -2.48. The van der Waals surface area contributed by atoms with E-state index in [0.29, 0.717) is 17.7 Å². The Hall–Kier alpha value is -1.06. The number of nitrogens with two attached hydrogens (primary N) is 1. The molecule has 0 aliphatic carbocycles. The third-order valence-electron chi connectivity index (χ3n) is 4.15. The molecule has 1 aromatic rings. The van der Waals surface area contributed by atoms with Crippen LogP contribution in [-0.4, -0.2) is 29.1 Å². The molecule has 0 aromatic heterocycles. The molecule has 3 N–H and O–H groups in total. The molecule has 2 rings (SSSR count). The van der Waals surface area contributed by atoms with E-state index in [9.17, 15) is 5.11 Å². The first kappa shape index (κ1) is 13.4. The maximum Gasteiger partial charge on any atom is 0.115 e. The van der Waals surface area contributed by atoms with Crippen molar-refractivity contribution in [3.63, 3.8) is 0 Å². The quantitative estimate of drug-likeness (QED) is 0.864. The second-order valence-electron chi connectivity index (χ2n) is 5.44. The summed E-state index contributed by atoms with van der Waals surface area (Å²) >= 11 is 0. The van der Waals surface area contributed by atoms with Crippen molar-refractivity contribution >= 4 is 0 Å². The average molecular weight is 248 g/mol. The number of hydrogen-bond acceptors (Lipinski definition) is 3. The van der Waals surface area contributed by atoms with E-state index in [1.807, 2.05) is 12.1 Å². The van der Waals surface area contributed by atoms with Crippen LogP contribution in [0.2, 0.25) is 0 Å². The number of phenolic OH excluding ortho intramolecular Hbond substituents is 1. The first-order valence-electron chi connectivity index (χ1n) is 6.90. The maximum atomic E-state index is 9.36. The molecule has 0 amide bonds. The number of likely N-dealkylation sites (tertiary alicyclic amines) is 1. The number of phenols is 1. The predicted octanol–water partition coefficient (Wildman–Crippen LogP) is 2.51. The van der Waals surface area contributed by atoms with Crippen molar-refractivity contribution in [1.82, 2.24) is 4.90 Å². The van der Waals surface area contributed by atoms with Crippen LogP contribution in [0.4, 0.5) is 0 Å². The summed E-state index contributed by atoms with van der Waals surface area (Å²) in [7, 11) is 0. The summed E-state index contributed by atoms with van der Waals surface area (Å²) < 4.78 is 0. The molecule has 3 nitrogen and oxygen atoms in total. The highest BCUT2D eigenvalue weighted by Gasteiger charge is 2.27. The number of rotatable bonds is 3. The molecule has 3 heteroatoms. The number of piperidine rings is 1. The van der Waals surface area contributed by atoms with Crippen molar-refractivity contribution < 1.29 is 5.11 Å². The molecule has 1 saturated heterocycles. The van der Waals surface area contributed by atoms with Gasteiger partial charge in [-0.15, -0.1) is 0 Å². The normalized spacial score (nSPS) is 27.1. The molecular formula is C15H24N2O. The molecule has 1 aliphatic rings. The van der Waals surface area contributed by atoms with Crippen LogP contribution in [0, 0.1) is 5.92 Å². The first-order chi connectivity index (χ1) is 8.61. The van der Waals surface area contributed by atoms with E-state index >= 15 is 0 Å². The van der Waals surface area contributed by atoms with Gasteiger partial charge >= 0.3 is 0 Å². The zero-order chi connectivity index (χ0) is 13.1. The van der Waals surface area contributed by atoms with Crippen LogP contribution in [0.5, 0.6) is 5.75 Å². The summed E-state index contributed by atoms with van der Waals surface area (Å²) in [5, 5.41) is 9.36. The SMILES string of the molecule is CCC(c1ccc(O)cc1)N1CCC(C)C(N)C1. The molecular weight excluding hydrogens is 224 g/mol. The third-order valence-corrected chi connectivity index (χ3v) is 4.15. The highest BCUT2D eigenvalue weighted by Crippen LogP contribution is 2.29. The molecule has 18 heavy (non-hydrogen) atoms. The van der Waals surface area contributed by atoms with Crippen LogP contribution >= 0.6 is 0 Å². The summed E-state index contributed by atoms with van der Waals surface area (Å²) in [4.78, 5) is 2.48. The summed E-state index contributed by atoms with van der Waals surface area (Å²) in [6.45, 7) is 6.54. The van der Waals surface area contributed by atoms with E-state index in [1.165, 1.54) is 12.0 Å². The Balaban J connectivity index is 2.11. The van der Waals surface area contributed by atoms with Crippen molar-refractivity contribution in [3.05, 3.63) is 29.8 Å². The van der Waals surface area contributed by atoms with E-state index in [1.54, 1.807) is 12.1 Å². The Morgan fingerprint density at radius 3 is 2.61 bits per heavy atom. The van der Waals surface area contributed by atoms with E-state index < -0.39 is 0 Å². The zero-order valence-corrected chi connectivity index (χ0v) is 11.3. The van der Waals surface area contributed by atoms with Gasteiger partial charge in [0.15, 0.2) is 0 Å². The fourth-order valence-electron chi connectivity index (χ4n) is 2.81. The minimum absolute atomic E-state index is 0.282. The van der Waals surface area contributed by atoms with Gasteiger partial charge in [-0.1, -0.05) is 26.0 Å². The number of aromatic hydroxyl groups is 1. The molecule has 100 valence electrons. The lowest BCUT2D eigenvalue weighted by atomic mass is 9.91. The monoisotopic (exact) mass is 248 g/mol. The smallest absolute Gasteiger partial charge is 0.115 e. The van der Waals surface area contributed by atoms with Crippen molar-refractivity contribution in [2.24, 2.45) is 11.7 Å². The van der Waals surface area contributed by atoms with Gasteiger partial charge in [-0.25, -0.2) is 0 Å². The van der Waals surface area contributed by atoms with E-state index in [2.05, 4.69) is 18.7 Å². The Morgan fingerprint density at radius 2 is 2.06 bits per heavy atom. The second-order valence-corrected chi connectivity index (χ2v) is 5.44. The minimum Gasteiger partial charge on any atom is -0.508 e. The first-order valence-corrected chi connectivity index (χ1v) is 6.90. The number of benzene rings is 1. The molecule has 0 spiro atoms. The van der Waals surface area contributed by atoms with Gasteiger partial charge in [0.05, 0.1) is 0 Å². The summed E-state index contributed by atoms with van der Waals surface area (Å²) in [5.41, 5.74) is 7.46. The maximum absolute atomic E-state index is 9.36. The Labute approximate surface area is 110 Å². The van der Waals surface area contributed by atoms with E-state index in [0.717, 1.165) is 19.5 Å². The van der Waals surface area contributed by atoms with Gasteiger partial charge in [0.1, 0.15) is 5.75 Å². The lowest BCUT2D eigenvalue weighted by Gasteiger charge is -2.40. The van der Waals surface area contributed by atoms with Gasteiger partial charge in [0, 0.05) is 18.6 Å². The van der Waals surface area contributed by atoms with E-state index in [4.69, 9.17) is 5.73 Å². The van der Waals surface area contributed by atoms with Crippen molar-refractivity contribution in [2.75, 3.05) is 13.1 Å². The highest BCUT2D eigenvalue weighted by molar-refractivity contribution is 5.28. The predicted molar refractivity (Wildman–Crippen MR) is 74.5 cm³/mol. The second kappa shape index (κ2) is 5.72. The summed E-state index contributed by atoms with van der Waals surface area (Å²) in [5.74, 6) is 0.955. The minimum atomic E-state index is 0.282. The van der Waals surface area contributed by atoms with Gasteiger partial charge in [-0.2, -0.15) is 0 Å². The Morgan fingerprint density at radius 1 is 1.39 bits per heavy atom. The molecule has 1 aliphatic heterocycles. The van der Waals surface area contributed by atoms with Gasteiger partial charge in [-0.05, 0) is 43.0 Å². The van der Waals surface area contributed by atoms with E-state index in [-0.39, 0.29) is 6.04 Å². The lowest BCUT2D eigenvalue weighted by molar-refractivity contribution is 0.117. The van der Waals surface area contributed by atoms with Crippen molar-refractivity contribution in [1.29, 1.82) is 0 Å². The highest BCUT2D eigenvalue weighted by atomic mass is 16.3. The van der Waals surface area contributed by atoms with Gasteiger partial charge in [0.25, 0.3) is 0 Å². The Kier molecular flexibility index (Phi) is 4.25. The molecule has 3 unspecified atom stereocenters. The third kappa shape index (κ3) is 2.85. The molecule has 0 radical (unpaired) electrons. The summed E-state index contributed by atoms with van der Waals surface area (Å²) in [6, 6.07) is 8.28. The standard InChI is InChI=1S/C15H24N2O/c1-3-15(12-4-6-13(18)7-5-12)17-9-8-11(2)14(16)10-17/h4-7,11,14-15,18H,3,8-10,16H2,1-2H3. The van der Waals surface area contributed by atoms with Crippen LogP contribution in [0.3, 0.4) is 0 Å². The molecule has 1 fully saturated rings. The largest absolute Gasteiger partial charge is 0.508 e. The molecule has 0 saturated carbocycles. The molecule has 1 aromatic carbocycles. The molecule has 0 bridgehead atoms. The van der Waals surface area contributed by atoms with Crippen LogP contribution in [0.15, 0.2) is 24.3 Å². The Bertz CT molecular complexity index is 377. The van der Waals surface area contributed by atoms with Crippen molar-refractivity contribution in [3.8, 4) is 5.75 Å². The molecule has 1 heterocycles. The average Bonchev–Trinajstić information content (AvgIpc) is 2.37. The number of hydrogen-bond donors (Lipinski definition) is 2. The van der Waals surface area contributed by atoms with Gasteiger partial charge in [0.2, 0.25) is 0 Å². The zero-order valence-electron chi connectivity index (χ0n) is 11.3. The topological polar surface area (TPSA) is 49.5 Å². The number of nitrogens with zero attached hydrogens (tertiary/aromatic N) is 1. The van der Waals surface area contributed by atoms with Gasteiger partial charge in [-0.3, -0.25) is 4.90 Å². The van der Waals surface area contributed by atoms with Crippen LogP contribution < -0.4 is 5.73 Å². The van der Waals surface area contributed by atoms with Gasteiger partial charge < -0.3 is 10.8 Å². The van der Waals surface area contributed by atoms with Crippen molar-refractivity contribution in [2.45, 2.75) is 38.8 Å². The van der Waals surface area contributed by atoms with Crippen LogP contribution in [-0.2, 0) is 0 Å². The fraction of sp³-hybridized carbons (Fsp3) is 0.600. The van der Waals surface area contributed by atoms with Crippen LogP contribution in [0.1, 0.15) is 38.3 Å².